The van der Waals surface area contributed by atoms with E-state index in [1.165, 1.54) is 0 Å². The van der Waals surface area contributed by atoms with Gasteiger partial charge in [0.25, 0.3) is 0 Å². The van der Waals surface area contributed by atoms with Crippen molar-refractivity contribution in [2.45, 2.75) is 44.8 Å². The van der Waals surface area contributed by atoms with Crippen LogP contribution in [0.4, 0.5) is 4.79 Å². The first-order valence-corrected chi connectivity index (χ1v) is 9.72. The summed E-state index contributed by atoms with van der Waals surface area (Å²) in [5, 5.41) is 11.1. The standard InChI is InChI=1S/C13H22N6O3S/c1-23(21,22)17-10-4-2-6-18(9-10)13(20)14-8-12-16-15-11-5-3-7-19(11)12/h10,17H,2-9H2,1H3,(H,14,20)/t10-/m0/s1. The molecule has 9 nitrogen and oxygen atoms in total. The Labute approximate surface area is 135 Å². The smallest absolute Gasteiger partial charge is 0.317 e. The van der Waals surface area contributed by atoms with Crippen molar-refractivity contribution in [3.63, 3.8) is 0 Å². The number of piperidine rings is 1. The molecule has 0 aliphatic carbocycles. The SMILES string of the molecule is CS(=O)(=O)N[C@H]1CCCN(C(=O)NCc2nnc3n2CCC3)C1. The second-order valence-electron chi connectivity index (χ2n) is 6.12. The number of sulfonamides is 1. The summed E-state index contributed by atoms with van der Waals surface area (Å²) in [6.45, 7) is 2.26. The van der Waals surface area contributed by atoms with Gasteiger partial charge in [-0.3, -0.25) is 0 Å². The number of hydrogen-bond donors (Lipinski definition) is 2. The molecular formula is C13H22N6O3S. The highest BCUT2D eigenvalue weighted by Gasteiger charge is 2.26. The van der Waals surface area contributed by atoms with E-state index < -0.39 is 10.0 Å². The van der Waals surface area contributed by atoms with E-state index in [9.17, 15) is 13.2 Å². The van der Waals surface area contributed by atoms with Gasteiger partial charge in [-0.2, -0.15) is 0 Å². The summed E-state index contributed by atoms with van der Waals surface area (Å²) in [6.07, 6.45) is 4.66. The number of hydrogen-bond acceptors (Lipinski definition) is 5. The zero-order chi connectivity index (χ0) is 16.4. The monoisotopic (exact) mass is 342 g/mol. The Balaban J connectivity index is 1.53. The highest BCUT2D eigenvalue weighted by atomic mass is 32.2. The van der Waals surface area contributed by atoms with Crippen LogP contribution in [-0.4, -0.2) is 59.5 Å². The number of rotatable bonds is 4. The first-order valence-electron chi connectivity index (χ1n) is 7.83. The van der Waals surface area contributed by atoms with Crippen molar-refractivity contribution in [2.24, 2.45) is 0 Å². The molecule has 3 heterocycles. The van der Waals surface area contributed by atoms with Crippen LogP contribution in [0.25, 0.3) is 0 Å². The lowest BCUT2D eigenvalue weighted by Crippen LogP contribution is -2.52. The van der Waals surface area contributed by atoms with Gasteiger partial charge in [-0.1, -0.05) is 0 Å². The molecule has 23 heavy (non-hydrogen) atoms. The number of carbonyl (C=O) groups excluding carboxylic acids is 1. The molecule has 3 rings (SSSR count). The highest BCUT2D eigenvalue weighted by molar-refractivity contribution is 7.88. The summed E-state index contributed by atoms with van der Waals surface area (Å²) in [4.78, 5) is 13.9. The van der Waals surface area contributed by atoms with Crippen LogP contribution in [0.2, 0.25) is 0 Å². The van der Waals surface area contributed by atoms with E-state index in [-0.39, 0.29) is 12.1 Å². The average molecular weight is 342 g/mol. The molecule has 10 heteroatoms. The van der Waals surface area contributed by atoms with Gasteiger partial charge in [0, 0.05) is 32.1 Å². The van der Waals surface area contributed by atoms with Crippen molar-refractivity contribution in [3.8, 4) is 0 Å². The molecule has 0 radical (unpaired) electrons. The Bertz CT molecular complexity index is 686. The number of nitrogens with zero attached hydrogens (tertiary/aromatic N) is 4. The third-order valence-corrected chi connectivity index (χ3v) is 4.93. The molecule has 2 aliphatic rings. The average Bonchev–Trinajstić information content (AvgIpc) is 3.06. The van der Waals surface area contributed by atoms with Crippen LogP contribution < -0.4 is 10.0 Å². The maximum Gasteiger partial charge on any atom is 0.317 e. The van der Waals surface area contributed by atoms with Gasteiger partial charge < -0.3 is 14.8 Å². The second kappa shape index (κ2) is 6.44. The third-order valence-electron chi connectivity index (χ3n) is 4.17. The lowest BCUT2D eigenvalue weighted by molar-refractivity contribution is 0.176. The Morgan fingerprint density at radius 2 is 2.13 bits per heavy atom. The van der Waals surface area contributed by atoms with Crippen LogP contribution in [0.3, 0.4) is 0 Å². The Hall–Kier alpha value is -1.68. The molecule has 1 atom stereocenters. The van der Waals surface area contributed by atoms with Gasteiger partial charge in [-0.15, -0.1) is 10.2 Å². The fourth-order valence-electron chi connectivity index (χ4n) is 3.17. The maximum atomic E-state index is 12.3. The van der Waals surface area contributed by atoms with Crippen molar-refractivity contribution in [3.05, 3.63) is 11.6 Å². The molecule has 1 aromatic heterocycles. The summed E-state index contributed by atoms with van der Waals surface area (Å²) in [6, 6.07) is -0.415. The molecule has 0 spiro atoms. The van der Waals surface area contributed by atoms with Crippen LogP contribution >= 0.6 is 0 Å². The summed E-state index contributed by atoms with van der Waals surface area (Å²) in [5.41, 5.74) is 0. The topological polar surface area (TPSA) is 109 Å². The number of amides is 2. The van der Waals surface area contributed by atoms with E-state index in [4.69, 9.17) is 0 Å². The molecule has 2 N–H and O–H groups in total. The zero-order valence-corrected chi connectivity index (χ0v) is 14.0. The van der Waals surface area contributed by atoms with Gasteiger partial charge in [-0.05, 0) is 19.3 Å². The van der Waals surface area contributed by atoms with Crippen LogP contribution in [0.1, 0.15) is 30.9 Å². The van der Waals surface area contributed by atoms with Crippen molar-refractivity contribution in [2.75, 3.05) is 19.3 Å². The molecule has 0 bridgehead atoms. The minimum absolute atomic E-state index is 0.194. The molecule has 128 valence electrons. The van der Waals surface area contributed by atoms with Crippen LogP contribution in [0.5, 0.6) is 0 Å². The van der Waals surface area contributed by atoms with E-state index in [0.717, 1.165) is 50.1 Å². The number of urea groups is 1. The van der Waals surface area contributed by atoms with E-state index >= 15 is 0 Å². The quantitative estimate of drug-likeness (QED) is 0.763. The Morgan fingerprint density at radius 1 is 1.30 bits per heavy atom. The lowest BCUT2D eigenvalue weighted by Gasteiger charge is -2.32. The minimum atomic E-state index is -3.26. The van der Waals surface area contributed by atoms with Gasteiger partial charge >= 0.3 is 6.03 Å². The maximum absolute atomic E-state index is 12.3. The van der Waals surface area contributed by atoms with Gasteiger partial charge in [-0.25, -0.2) is 17.9 Å². The Kier molecular flexibility index (Phi) is 4.53. The van der Waals surface area contributed by atoms with Gasteiger partial charge in [0.1, 0.15) is 5.82 Å². The molecule has 2 amide bonds. The van der Waals surface area contributed by atoms with Crippen molar-refractivity contribution < 1.29 is 13.2 Å². The number of aryl methyl sites for hydroxylation is 1. The van der Waals surface area contributed by atoms with Gasteiger partial charge in [0.15, 0.2) is 5.82 Å². The van der Waals surface area contributed by atoms with E-state index in [1.807, 2.05) is 4.57 Å². The van der Waals surface area contributed by atoms with Crippen LogP contribution in [0.15, 0.2) is 0 Å². The number of aromatic nitrogens is 3. The van der Waals surface area contributed by atoms with Crippen LogP contribution in [-0.2, 0) is 29.5 Å². The first kappa shape index (κ1) is 16.2. The Morgan fingerprint density at radius 3 is 2.91 bits per heavy atom. The fraction of sp³-hybridized carbons (Fsp3) is 0.769. The molecular weight excluding hydrogens is 320 g/mol. The number of nitrogens with one attached hydrogen (secondary N) is 2. The van der Waals surface area contributed by atoms with Crippen molar-refractivity contribution in [1.82, 2.24) is 29.7 Å². The van der Waals surface area contributed by atoms with E-state index in [0.29, 0.717) is 19.6 Å². The normalized spacial score (nSPS) is 21.3. The summed E-state index contributed by atoms with van der Waals surface area (Å²) in [5.74, 6) is 1.75. The minimum Gasteiger partial charge on any atom is -0.331 e. The van der Waals surface area contributed by atoms with Gasteiger partial charge in [0.05, 0.1) is 12.8 Å². The molecule has 2 aliphatic heterocycles. The van der Waals surface area contributed by atoms with E-state index in [1.54, 1.807) is 4.90 Å². The number of fused-ring (bicyclic) bond motifs is 1. The molecule has 0 unspecified atom stereocenters. The van der Waals surface area contributed by atoms with Crippen molar-refractivity contribution in [1.29, 1.82) is 0 Å². The predicted molar refractivity (Wildman–Crippen MR) is 83.2 cm³/mol. The van der Waals surface area contributed by atoms with E-state index in [2.05, 4.69) is 20.2 Å². The highest BCUT2D eigenvalue weighted by Crippen LogP contribution is 2.14. The lowest BCUT2D eigenvalue weighted by atomic mass is 10.1. The molecule has 0 aromatic carbocycles. The number of carbonyl (C=O) groups is 1. The van der Waals surface area contributed by atoms with Crippen LogP contribution in [0, 0.1) is 0 Å². The first-order chi connectivity index (χ1) is 10.9. The molecule has 1 fully saturated rings. The van der Waals surface area contributed by atoms with Gasteiger partial charge in [0.2, 0.25) is 10.0 Å². The summed E-state index contributed by atoms with van der Waals surface area (Å²) < 4.78 is 27.3. The second-order valence-corrected chi connectivity index (χ2v) is 7.90. The fourth-order valence-corrected chi connectivity index (χ4v) is 3.97. The summed E-state index contributed by atoms with van der Waals surface area (Å²) >= 11 is 0. The predicted octanol–water partition coefficient (Wildman–Crippen LogP) is -0.552. The number of likely N-dealkylation sites (tertiary alicyclic amines) is 1. The molecule has 1 aromatic rings. The zero-order valence-electron chi connectivity index (χ0n) is 13.2. The third kappa shape index (κ3) is 3.99. The molecule has 1 saturated heterocycles. The van der Waals surface area contributed by atoms with Crippen molar-refractivity contribution >= 4 is 16.1 Å². The molecule has 0 saturated carbocycles. The summed E-state index contributed by atoms with van der Waals surface area (Å²) in [7, 11) is -3.26. The largest absolute Gasteiger partial charge is 0.331 e.